The van der Waals surface area contributed by atoms with Crippen LogP contribution in [0.4, 0.5) is 5.69 Å². The van der Waals surface area contributed by atoms with Gasteiger partial charge in [0.25, 0.3) is 0 Å². The normalized spacial score (nSPS) is 14.8. The van der Waals surface area contributed by atoms with E-state index in [-0.39, 0.29) is 30.6 Å². The second kappa shape index (κ2) is 7.21. The molecule has 2 aromatic rings. The Bertz CT molecular complexity index is 988. The molecule has 4 rings (SSSR count). The molecule has 142 valence electrons. The smallest absolute Gasteiger partial charge is 0.240 e. The summed E-state index contributed by atoms with van der Waals surface area (Å²) >= 11 is 0. The van der Waals surface area contributed by atoms with E-state index in [1.807, 2.05) is 6.07 Å². The average molecular weight is 388 g/mol. The number of nitrogens with one attached hydrogen (secondary N) is 2. The van der Waals surface area contributed by atoms with Gasteiger partial charge < -0.3 is 14.8 Å². The summed E-state index contributed by atoms with van der Waals surface area (Å²) < 4.78 is 37.8. The van der Waals surface area contributed by atoms with E-state index in [1.54, 1.807) is 30.3 Å². The van der Waals surface area contributed by atoms with E-state index in [2.05, 4.69) is 10.0 Å². The Kier molecular flexibility index (Phi) is 4.75. The zero-order valence-corrected chi connectivity index (χ0v) is 15.5. The Hall–Kier alpha value is -2.58. The van der Waals surface area contributed by atoms with Gasteiger partial charge in [0.05, 0.1) is 4.90 Å². The van der Waals surface area contributed by atoms with Gasteiger partial charge in [0.2, 0.25) is 22.7 Å². The van der Waals surface area contributed by atoms with Crippen LogP contribution in [-0.2, 0) is 27.7 Å². The van der Waals surface area contributed by atoms with E-state index in [0.717, 1.165) is 24.8 Å². The summed E-state index contributed by atoms with van der Waals surface area (Å²) in [6, 6.07) is 10.3. The number of anilines is 1. The van der Waals surface area contributed by atoms with Gasteiger partial charge in [-0.15, -0.1) is 0 Å². The molecule has 2 N–H and O–H groups in total. The van der Waals surface area contributed by atoms with Gasteiger partial charge >= 0.3 is 0 Å². The van der Waals surface area contributed by atoms with Crippen molar-refractivity contribution < 1.29 is 22.7 Å². The van der Waals surface area contributed by atoms with Crippen molar-refractivity contribution in [2.45, 2.75) is 30.6 Å². The lowest BCUT2D eigenvalue weighted by molar-refractivity contribution is -0.116. The molecule has 0 spiro atoms. The van der Waals surface area contributed by atoms with Crippen LogP contribution in [0.25, 0.3) is 0 Å². The molecular weight excluding hydrogens is 368 g/mol. The molecule has 27 heavy (non-hydrogen) atoms. The summed E-state index contributed by atoms with van der Waals surface area (Å²) in [6.07, 6.45) is 3.00. The molecule has 0 atom stereocenters. The molecule has 0 radical (unpaired) electrons. The van der Waals surface area contributed by atoms with Crippen molar-refractivity contribution in [3.05, 3.63) is 47.5 Å². The number of rotatable bonds is 6. The number of carbonyl (C=O) groups excluding carboxylic acids is 1. The first kappa shape index (κ1) is 17.8. The Morgan fingerprint density at radius 2 is 1.81 bits per heavy atom. The first-order chi connectivity index (χ1) is 13.0. The lowest BCUT2D eigenvalue weighted by Gasteiger charge is -2.09. The minimum Gasteiger partial charge on any atom is -0.454 e. The van der Waals surface area contributed by atoms with Gasteiger partial charge in [0, 0.05) is 24.7 Å². The molecule has 0 saturated heterocycles. The third-order valence-corrected chi connectivity index (χ3v) is 6.14. The van der Waals surface area contributed by atoms with Gasteiger partial charge in [0.15, 0.2) is 11.5 Å². The standard InChI is InChI=1S/C19H20N2O5S/c22-19(21-15-5-7-17-18(11-15)26-12-25-17)8-9-20-27(23,24)16-6-4-13-2-1-3-14(13)10-16/h4-7,10-11,20H,1-3,8-9,12H2,(H,21,22). The van der Waals surface area contributed by atoms with Crippen LogP contribution in [0.2, 0.25) is 0 Å². The molecule has 1 aliphatic carbocycles. The highest BCUT2D eigenvalue weighted by Gasteiger charge is 2.19. The number of sulfonamides is 1. The molecular formula is C19H20N2O5S. The van der Waals surface area contributed by atoms with Crippen LogP contribution in [0.15, 0.2) is 41.3 Å². The van der Waals surface area contributed by atoms with Crippen molar-refractivity contribution in [1.29, 1.82) is 0 Å². The van der Waals surface area contributed by atoms with Gasteiger partial charge in [0.1, 0.15) is 0 Å². The predicted octanol–water partition coefficient (Wildman–Crippen LogP) is 2.21. The number of amides is 1. The van der Waals surface area contributed by atoms with Gasteiger partial charge in [-0.3, -0.25) is 4.79 Å². The Labute approximate surface area is 157 Å². The van der Waals surface area contributed by atoms with Crippen molar-refractivity contribution in [3.63, 3.8) is 0 Å². The largest absolute Gasteiger partial charge is 0.454 e. The van der Waals surface area contributed by atoms with Gasteiger partial charge in [-0.25, -0.2) is 13.1 Å². The minimum atomic E-state index is -3.62. The molecule has 0 unspecified atom stereocenters. The zero-order chi connectivity index (χ0) is 18.9. The number of hydrogen-bond donors (Lipinski definition) is 2. The third-order valence-electron chi connectivity index (χ3n) is 4.68. The summed E-state index contributed by atoms with van der Waals surface area (Å²) in [4.78, 5) is 12.3. The fourth-order valence-corrected chi connectivity index (χ4v) is 4.38. The van der Waals surface area contributed by atoms with Crippen LogP contribution in [0.1, 0.15) is 24.0 Å². The fraction of sp³-hybridized carbons (Fsp3) is 0.316. The minimum absolute atomic E-state index is 0.0236. The highest BCUT2D eigenvalue weighted by atomic mass is 32.2. The number of ether oxygens (including phenoxy) is 2. The molecule has 0 saturated carbocycles. The maximum absolute atomic E-state index is 12.4. The topological polar surface area (TPSA) is 93.7 Å². The first-order valence-corrected chi connectivity index (χ1v) is 10.3. The number of aryl methyl sites for hydroxylation is 2. The van der Waals surface area contributed by atoms with Crippen LogP contribution in [-0.4, -0.2) is 27.7 Å². The van der Waals surface area contributed by atoms with E-state index in [9.17, 15) is 13.2 Å². The molecule has 2 aliphatic rings. The first-order valence-electron chi connectivity index (χ1n) is 8.82. The van der Waals surface area contributed by atoms with E-state index >= 15 is 0 Å². The van der Waals surface area contributed by atoms with Gasteiger partial charge in [-0.1, -0.05) is 6.07 Å². The van der Waals surface area contributed by atoms with Crippen LogP contribution in [0.5, 0.6) is 11.5 Å². The number of benzene rings is 2. The van der Waals surface area contributed by atoms with Crippen LogP contribution >= 0.6 is 0 Å². The molecule has 8 heteroatoms. The van der Waals surface area contributed by atoms with Crippen LogP contribution in [0, 0.1) is 0 Å². The average Bonchev–Trinajstić information content (AvgIpc) is 3.29. The van der Waals surface area contributed by atoms with Crippen molar-refractivity contribution in [3.8, 4) is 11.5 Å². The maximum atomic E-state index is 12.4. The fourth-order valence-electron chi connectivity index (χ4n) is 3.30. The van der Waals surface area contributed by atoms with Crippen molar-refractivity contribution in [2.75, 3.05) is 18.7 Å². The van der Waals surface area contributed by atoms with E-state index in [4.69, 9.17) is 9.47 Å². The van der Waals surface area contributed by atoms with Gasteiger partial charge in [-0.05, 0) is 54.7 Å². The monoisotopic (exact) mass is 388 g/mol. The molecule has 0 aromatic heterocycles. The van der Waals surface area contributed by atoms with Crippen molar-refractivity contribution in [2.24, 2.45) is 0 Å². The van der Waals surface area contributed by atoms with Crippen LogP contribution < -0.4 is 19.5 Å². The quantitative estimate of drug-likeness (QED) is 0.791. The number of hydrogen-bond acceptors (Lipinski definition) is 5. The second-order valence-electron chi connectivity index (χ2n) is 6.55. The summed E-state index contributed by atoms with van der Waals surface area (Å²) in [7, 11) is -3.62. The summed E-state index contributed by atoms with van der Waals surface area (Å²) in [6.45, 7) is 0.188. The Morgan fingerprint density at radius 1 is 1.00 bits per heavy atom. The van der Waals surface area contributed by atoms with E-state index < -0.39 is 10.0 Å². The molecule has 1 heterocycles. The van der Waals surface area contributed by atoms with Crippen molar-refractivity contribution in [1.82, 2.24) is 4.72 Å². The lowest BCUT2D eigenvalue weighted by Crippen LogP contribution is -2.28. The molecule has 2 aromatic carbocycles. The highest BCUT2D eigenvalue weighted by molar-refractivity contribution is 7.89. The molecule has 1 aliphatic heterocycles. The highest BCUT2D eigenvalue weighted by Crippen LogP contribution is 2.34. The lowest BCUT2D eigenvalue weighted by atomic mass is 10.1. The molecule has 1 amide bonds. The Morgan fingerprint density at radius 3 is 2.70 bits per heavy atom. The third kappa shape index (κ3) is 3.91. The second-order valence-corrected chi connectivity index (χ2v) is 8.32. The van der Waals surface area contributed by atoms with Crippen LogP contribution in [0.3, 0.4) is 0 Å². The molecule has 7 nitrogen and oxygen atoms in total. The summed E-state index contributed by atoms with van der Waals surface area (Å²) in [5.74, 6) is 0.922. The predicted molar refractivity (Wildman–Crippen MR) is 99.5 cm³/mol. The molecule has 0 fully saturated rings. The Balaban J connectivity index is 1.31. The van der Waals surface area contributed by atoms with E-state index in [1.165, 1.54) is 5.56 Å². The van der Waals surface area contributed by atoms with E-state index in [0.29, 0.717) is 17.2 Å². The van der Waals surface area contributed by atoms with Gasteiger partial charge in [-0.2, -0.15) is 0 Å². The summed E-state index contributed by atoms with van der Waals surface area (Å²) in [5.41, 5.74) is 2.89. The zero-order valence-electron chi connectivity index (χ0n) is 14.7. The van der Waals surface area contributed by atoms with Crippen molar-refractivity contribution >= 4 is 21.6 Å². The summed E-state index contributed by atoms with van der Waals surface area (Å²) in [5, 5.41) is 2.72. The maximum Gasteiger partial charge on any atom is 0.240 e. The number of fused-ring (bicyclic) bond motifs is 2. The molecule has 0 bridgehead atoms. The SMILES string of the molecule is O=C(CCNS(=O)(=O)c1ccc2c(c1)CCC2)Nc1ccc2c(c1)OCO2. The number of carbonyl (C=O) groups is 1.